The number of methoxy groups -OCH3 is 1. The van der Waals surface area contributed by atoms with Crippen molar-refractivity contribution >= 4 is 35.6 Å². The first kappa shape index (κ1) is 22.3. The summed E-state index contributed by atoms with van der Waals surface area (Å²) in [6, 6.07) is 15.6. The molecule has 0 aromatic heterocycles. The molecule has 2 bridgehead atoms. The van der Waals surface area contributed by atoms with E-state index in [1.807, 2.05) is 48.5 Å². The number of carbonyl (C=O) groups is 2. The third kappa shape index (κ3) is 5.19. The molecule has 3 fully saturated rings. The van der Waals surface area contributed by atoms with Crippen molar-refractivity contribution in [2.24, 2.45) is 11.8 Å². The van der Waals surface area contributed by atoms with Crippen molar-refractivity contribution in [1.29, 1.82) is 0 Å². The summed E-state index contributed by atoms with van der Waals surface area (Å²) >= 11 is 0. The minimum absolute atomic E-state index is 0. The Hall–Kier alpha value is -2.41. The molecular weight excluding hydrogens is 402 g/mol. The molecule has 2 amide bonds. The van der Waals surface area contributed by atoms with Gasteiger partial charge in [0.25, 0.3) is 0 Å². The van der Waals surface area contributed by atoms with Gasteiger partial charge < -0.3 is 20.3 Å². The topological polar surface area (TPSA) is 70.7 Å². The van der Waals surface area contributed by atoms with E-state index >= 15 is 0 Å². The van der Waals surface area contributed by atoms with Crippen LogP contribution in [0.3, 0.4) is 0 Å². The van der Waals surface area contributed by atoms with E-state index in [0.29, 0.717) is 5.92 Å². The Bertz CT molecular complexity index is 862. The average Bonchev–Trinajstić information content (AvgIpc) is 2.76. The minimum Gasteiger partial charge on any atom is -0.375 e. The monoisotopic (exact) mass is 429 g/mol. The number of carbonyl (C=O) groups excluding carboxylic acids is 2. The van der Waals surface area contributed by atoms with Crippen molar-refractivity contribution in [3.8, 4) is 11.1 Å². The molecule has 160 valence electrons. The van der Waals surface area contributed by atoms with E-state index in [1.54, 1.807) is 0 Å². The van der Waals surface area contributed by atoms with Crippen LogP contribution in [0.4, 0.5) is 11.4 Å². The van der Waals surface area contributed by atoms with Gasteiger partial charge in [-0.05, 0) is 67.2 Å². The molecule has 2 N–H and O–H groups in total. The molecule has 0 saturated carbocycles. The number of hydrogen-bond donors (Lipinski definition) is 2. The number of benzene rings is 2. The molecule has 3 aliphatic heterocycles. The molecule has 0 radical (unpaired) electrons. The smallest absolute Gasteiger partial charge is 0.250 e. The van der Waals surface area contributed by atoms with Crippen molar-refractivity contribution in [1.82, 2.24) is 4.90 Å². The van der Waals surface area contributed by atoms with E-state index < -0.39 is 0 Å². The molecule has 2 aromatic rings. The van der Waals surface area contributed by atoms with Gasteiger partial charge in [0, 0.05) is 25.0 Å². The van der Waals surface area contributed by atoms with Crippen LogP contribution >= 0.6 is 12.4 Å². The van der Waals surface area contributed by atoms with Crippen LogP contribution in [0, 0.1) is 11.8 Å². The van der Waals surface area contributed by atoms with Gasteiger partial charge in [0.05, 0.1) is 5.92 Å². The lowest BCUT2D eigenvalue weighted by atomic mass is 9.78. The van der Waals surface area contributed by atoms with Crippen LogP contribution in [-0.4, -0.2) is 50.1 Å². The fourth-order valence-corrected chi connectivity index (χ4v) is 4.32. The number of fused-ring (bicyclic) bond motifs is 3. The highest BCUT2D eigenvalue weighted by Crippen LogP contribution is 2.33. The third-order valence-electron chi connectivity index (χ3n) is 5.92. The van der Waals surface area contributed by atoms with E-state index in [-0.39, 0.29) is 36.7 Å². The summed E-state index contributed by atoms with van der Waals surface area (Å²) in [6.45, 7) is 3.20. The van der Waals surface area contributed by atoms with E-state index in [2.05, 4.69) is 15.5 Å². The fraction of sp³-hybridized carbons (Fsp3) is 0.391. The molecule has 2 aromatic carbocycles. The quantitative estimate of drug-likeness (QED) is 0.735. The Morgan fingerprint density at radius 1 is 0.933 bits per heavy atom. The van der Waals surface area contributed by atoms with Crippen LogP contribution in [0.2, 0.25) is 0 Å². The molecule has 3 aliphatic rings. The molecule has 3 heterocycles. The maximum absolute atomic E-state index is 12.7. The summed E-state index contributed by atoms with van der Waals surface area (Å²) in [5.74, 6) is 0.604. The fourth-order valence-electron chi connectivity index (χ4n) is 4.32. The van der Waals surface area contributed by atoms with E-state index in [9.17, 15) is 9.59 Å². The molecule has 6 nitrogen and oxygen atoms in total. The van der Waals surface area contributed by atoms with Gasteiger partial charge in [-0.1, -0.05) is 24.3 Å². The number of nitrogens with one attached hydrogen (secondary N) is 2. The molecule has 1 unspecified atom stereocenters. The summed E-state index contributed by atoms with van der Waals surface area (Å²) in [5, 5.41) is 5.87. The predicted octanol–water partition coefficient (Wildman–Crippen LogP) is 3.64. The first-order valence-electron chi connectivity index (χ1n) is 10.1. The van der Waals surface area contributed by atoms with Gasteiger partial charge in [-0.15, -0.1) is 12.4 Å². The number of ether oxygens (including phenoxy) is 1. The van der Waals surface area contributed by atoms with Crippen LogP contribution < -0.4 is 10.6 Å². The Morgan fingerprint density at radius 3 is 1.93 bits per heavy atom. The zero-order valence-corrected chi connectivity index (χ0v) is 17.9. The summed E-state index contributed by atoms with van der Waals surface area (Å²) in [7, 11) is 1.49. The number of anilines is 2. The second kappa shape index (κ2) is 10.1. The molecule has 30 heavy (non-hydrogen) atoms. The SMILES string of the molecule is COCC(=O)Nc1ccc(-c2ccc(NC(=O)C3CN4CCC3CC4)cc2)cc1.Cl. The summed E-state index contributed by atoms with van der Waals surface area (Å²) in [6.07, 6.45) is 2.28. The van der Waals surface area contributed by atoms with E-state index in [0.717, 1.165) is 55.0 Å². The second-order valence-electron chi connectivity index (χ2n) is 7.87. The standard InChI is InChI=1S/C23H27N3O3.ClH/c1-29-15-22(27)24-19-6-2-16(3-7-19)17-4-8-20(9-5-17)25-23(28)21-14-26-12-10-18(21)11-13-26;/h2-9,18,21H,10-15H2,1H3,(H,24,27)(H,25,28);1H. The first-order valence-corrected chi connectivity index (χ1v) is 10.1. The first-order chi connectivity index (χ1) is 14.1. The van der Waals surface area contributed by atoms with Crippen LogP contribution in [-0.2, 0) is 14.3 Å². The van der Waals surface area contributed by atoms with Crippen LogP contribution in [0.15, 0.2) is 48.5 Å². The van der Waals surface area contributed by atoms with Crippen molar-refractivity contribution < 1.29 is 14.3 Å². The molecule has 0 aliphatic carbocycles. The molecule has 0 spiro atoms. The lowest BCUT2D eigenvalue weighted by molar-refractivity contribution is -0.125. The Balaban J connectivity index is 0.00000256. The maximum Gasteiger partial charge on any atom is 0.250 e. The highest BCUT2D eigenvalue weighted by molar-refractivity contribution is 5.93. The lowest BCUT2D eigenvalue weighted by Gasteiger charge is -2.43. The molecule has 3 saturated heterocycles. The van der Waals surface area contributed by atoms with E-state index in [4.69, 9.17) is 4.74 Å². The van der Waals surface area contributed by atoms with Crippen molar-refractivity contribution in [2.45, 2.75) is 12.8 Å². The number of amides is 2. The number of nitrogens with zero attached hydrogens (tertiary/aromatic N) is 1. The van der Waals surface area contributed by atoms with Crippen LogP contribution in [0.1, 0.15) is 12.8 Å². The summed E-state index contributed by atoms with van der Waals surface area (Å²) < 4.78 is 4.82. The van der Waals surface area contributed by atoms with E-state index in [1.165, 1.54) is 7.11 Å². The zero-order valence-electron chi connectivity index (χ0n) is 17.1. The van der Waals surface area contributed by atoms with Gasteiger partial charge >= 0.3 is 0 Å². The van der Waals surface area contributed by atoms with Crippen LogP contribution in [0.5, 0.6) is 0 Å². The highest BCUT2D eigenvalue weighted by Gasteiger charge is 2.38. The van der Waals surface area contributed by atoms with Gasteiger partial charge in [-0.2, -0.15) is 0 Å². The van der Waals surface area contributed by atoms with Gasteiger partial charge in [-0.25, -0.2) is 0 Å². The number of halogens is 1. The normalized spacial score (nSPS) is 22.1. The summed E-state index contributed by atoms with van der Waals surface area (Å²) in [4.78, 5) is 26.7. The van der Waals surface area contributed by atoms with Crippen molar-refractivity contribution in [3.05, 3.63) is 48.5 Å². The van der Waals surface area contributed by atoms with Gasteiger partial charge in [0.15, 0.2) is 0 Å². The second-order valence-corrected chi connectivity index (χ2v) is 7.87. The average molecular weight is 430 g/mol. The van der Waals surface area contributed by atoms with Gasteiger partial charge in [0.2, 0.25) is 11.8 Å². The molecule has 1 atom stereocenters. The Kier molecular flexibility index (Phi) is 7.48. The predicted molar refractivity (Wildman–Crippen MR) is 121 cm³/mol. The third-order valence-corrected chi connectivity index (χ3v) is 5.92. The van der Waals surface area contributed by atoms with Crippen molar-refractivity contribution in [2.75, 3.05) is 44.0 Å². The number of hydrogen-bond acceptors (Lipinski definition) is 4. The lowest BCUT2D eigenvalue weighted by Crippen LogP contribution is -2.51. The largest absolute Gasteiger partial charge is 0.375 e. The van der Waals surface area contributed by atoms with Crippen LogP contribution in [0.25, 0.3) is 11.1 Å². The van der Waals surface area contributed by atoms with Crippen molar-refractivity contribution in [3.63, 3.8) is 0 Å². The molecule has 5 rings (SSSR count). The Labute approximate surface area is 183 Å². The molecular formula is C23H28ClN3O3. The van der Waals surface area contributed by atoms with Gasteiger partial charge in [0.1, 0.15) is 6.61 Å². The highest BCUT2D eigenvalue weighted by atomic mass is 35.5. The maximum atomic E-state index is 12.7. The van der Waals surface area contributed by atoms with Gasteiger partial charge in [-0.3, -0.25) is 9.59 Å². The zero-order chi connectivity index (χ0) is 20.2. The number of rotatable bonds is 6. The molecule has 7 heteroatoms. The number of piperidine rings is 3. The Morgan fingerprint density at radius 2 is 1.47 bits per heavy atom. The summed E-state index contributed by atoms with van der Waals surface area (Å²) in [5.41, 5.74) is 3.67. The minimum atomic E-state index is -0.177.